The Kier molecular flexibility index (Phi) is 4.44. The average molecular weight is 383 g/mol. The lowest BCUT2D eigenvalue weighted by Crippen LogP contribution is -2.29. The zero-order valence-electron chi connectivity index (χ0n) is 14.4. The Balaban J connectivity index is 1.51. The number of hydrogen-bond donors (Lipinski definition) is 0. The molecule has 4 rings (SSSR count). The number of ketones is 3. The lowest BCUT2D eigenvalue weighted by molar-refractivity contribution is -0.148. The first kappa shape index (κ1) is 17.9. The Labute approximate surface area is 157 Å². The van der Waals surface area contributed by atoms with E-state index in [9.17, 15) is 24.1 Å². The summed E-state index contributed by atoms with van der Waals surface area (Å²) in [6.45, 7) is 0.0672. The molecule has 0 amide bonds. The van der Waals surface area contributed by atoms with Gasteiger partial charge in [0.15, 0.2) is 29.4 Å². The molecule has 2 aliphatic rings. The van der Waals surface area contributed by atoms with Crippen molar-refractivity contribution in [2.24, 2.45) is 5.18 Å². The largest absolute Gasteiger partial charge is 0.457 e. The van der Waals surface area contributed by atoms with E-state index in [-0.39, 0.29) is 41.4 Å². The van der Waals surface area contributed by atoms with Crippen molar-refractivity contribution in [1.29, 1.82) is 0 Å². The molecule has 2 atom stereocenters. The van der Waals surface area contributed by atoms with Crippen molar-refractivity contribution in [2.75, 3.05) is 13.2 Å². The average Bonchev–Trinajstić information content (AvgIpc) is 3.33. The van der Waals surface area contributed by atoms with E-state index >= 15 is 0 Å². The fraction of sp³-hybridized carbons (Fsp3) is 0.263. The Morgan fingerprint density at radius 3 is 2.50 bits per heavy atom. The number of hydrogen-bond acceptors (Lipinski definition) is 9. The van der Waals surface area contributed by atoms with E-state index < -0.39 is 41.9 Å². The number of furan rings is 1. The number of carbonyl (C=O) groups is 4. The van der Waals surface area contributed by atoms with Crippen LogP contribution >= 0.6 is 0 Å². The molecular formula is C19H13NO8. The van der Waals surface area contributed by atoms with Crippen molar-refractivity contribution in [3.63, 3.8) is 0 Å². The molecule has 2 unspecified atom stereocenters. The van der Waals surface area contributed by atoms with Crippen molar-refractivity contribution >= 4 is 23.3 Å². The standard InChI is InChI=1S/C19H13NO8/c21-13(6-16(22)27-15-8-26-7-12(15)20-25)14-5-11-17(23)9-3-1-2-4-10(9)18(24)19(11)28-14/h1-5,12,15H,6-8H2. The minimum absolute atomic E-state index is 0.0187. The van der Waals surface area contributed by atoms with Crippen molar-refractivity contribution < 1.29 is 33.1 Å². The summed E-state index contributed by atoms with van der Waals surface area (Å²) in [5, 5.41) is 2.81. The number of nitroso groups, excluding NO2 is 1. The molecule has 1 fully saturated rings. The first-order valence-electron chi connectivity index (χ1n) is 8.44. The normalized spacial score (nSPS) is 20.4. The Hall–Kier alpha value is -3.46. The number of benzene rings is 1. The zero-order chi connectivity index (χ0) is 19.8. The third-order valence-electron chi connectivity index (χ3n) is 4.60. The first-order valence-corrected chi connectivity index (χ1v) is 8.44. The molecule has 1 aromatic heterocycles. The highest BCUT2D eigenvalue weighted by atomic mass is 16.6. The zero-order valence-corrected chi connectivity index (χ0v) is 14.4. The monoisotopic (exact) mass is 383 g/mol. The number of fused-ring (bicyclic) bond motifs is 2. The van der Waals surface area contributed by atoms with Crippen LogP contribution in [-0.2, 0) is 14.3 Å². The topological polar surface area (TPSA) is 129 Å². The van der Waals surface area contributed by atoms with Crippen LogP contribution < -0.4 is 0 Å². The van der Waals surface area contributed by atoms with Crippen LogP contribution in [-0.4, -0.2) is 48.7 Å². The first-order chi connectivity index (χ1) is 13.5. The highest BCUT2D eigenvalue weighted by molar-refractivity contribution is 6.28. The van der Waals surface area contributed by atoms with Crippen LogP contribution in [0.5, 0.6) is 0 Å². The van der Waals surface area contributed by atoms with Crippen molar-refractivity contribution in [3.8, 4) is 0 Å². The predicted octanol–water partition coefficient (Wildman–Crippen LogP) is 1.70. The molecule has 9 nitrogen and oxygen atoms in total. The Morgan fingerprint density at radius 1 is 1.07 bits per heavy atom. The van der Waals surface area contributed by atoms with Gasteiger partial charge in [0.05, 0.1) is 18.8 Å². The number of rotatable bonds is 5. The van der Waals surface area contributed by atoms with Gasteiger partial charge in [0.1, 0.15) is 6.42 Å². The highest BCUT2D eigenvalue weighted by Gasteiger charge is 2.36. The SMILES string of the molecule is O=NC1COCC1OC(=O)CC(=O)c1cc2c(o1)C(=O)c1ccccc1C2=O. The van der Waals surface area contributed by atoms with Gasteiger partial charge in [-0.05, 0) is 6.07 Å². The summed E-state index contributed by atoms with van der Waals surface area (Å²) in [5.41, 5.74) is 0.407. The molecule has 1 saturated heterocycles. The summed E-state index contributed by atoms with van der Waals surface area (Å²) < 4.78 is 15.4. The molecule has 0 N–H and O–H groups in total. The summed E-state index contributed by atoms with van der Waals surface area (Å²) in [7, 11) is 0. The molecule has 0 spiro atoms. The summed E-state index contributed by atoms with van der Waals surface area (Å²) in [5.74, 6) is -3.09. The molecule has 28 heavy (non-hydrogen) atoms. The van der Waals surface area contributed by atoms with Crippen molar-refractivity contribution in [2.45, 2.75) is 18.6 Å². The Bertz CT molecular complexity index is 968. The fourth-order valence-corrected chi connectivity index (χ4v) is 3.18. The van der Waals surface area contributed by atoms with E-state index in [2.05, 4.69) is 5.18 Å². The van der Waals surface area contributed by atoms with Gasteiger partial charge in [0.2, 0.25) is 11.6 Å². The summed E-state index contributed by atoms with van der Waals surface area (Å²) in [6, 6.07) is 6.62. The van der Waals surface area contributed by atoms with Crippen LogP contribution in [0.3, 0.4) is 0 Å². The summed E-state index contributed by atoms with van der Waals surface area (Å²) in [4.78, 5) is 60.0. The van der Waals surface area contributed by atoms with Crippen LogP contribution in [0.25, 0.3) is 0 Å². The molecule has 0 saturated carbocycles. The molecule has 1 aliphatic carbocycles. The molecular weight excluding hydrogens is 370 g/mol. The van der Waals surface area contributed by atoms with E-state index in [1.807, 2.05) is 0 Å². The Morgan fingerprint density at radius 2 is 1.79 bits per heavy atom. The van der Waals surface area contributed by atoms with Crippen LogP contribution in [0.1, 0.15) is 49.0 Å². The summed E-state index contributed by atoms with van der Waals surface area (Å²) in [6.07, 6.45) is -1.52. The quantitative estimate of drug-likeness (QED) is 0.282. The maximum absolute atomic E-state index is 12.5. The molecule has 142 valence electrons. The lowest BCUT2D eigenvalue weighted by Gasteiger charge is -2.12. The second kappa shape index (κ2) is 6.93. The number of esters is 1. The van der Waals surface area contributed by atoms with E-state index in [0.717, 1.165) is 6.07 Å². The van der Waals surface area contributed by atoms with Gasteiger partial charge in [-0.2, -0.15) is 4.91 Å². The van der Waals surface area contributed by atoms with E-state index in [0.29, 0.717) is 0 Å². The van der Waals surface area contributed by atoms with E-state index in [4.69, 9.17) is 13.9 Å². The van der Waals surface area contributed by atoms with E-state index in [1.54, 1.807) is 12.1 Å². The number of Topliss-reactive ketones (excluding diaryl/α,β-unsaturated/α-hetero) is 1. The van der Waals surface area contributed by atoms with Gasteiger partial charge >= 0.3 is 5.97 Å². The van der Waals surface area contributed by atoms with Gasteiger partial charge in [-0.3, -0.25) is 19.2 Å². The van der Waals surface area contributed by atoms with Crippen LogP contribution in [0.15, 0.2) is 39.9 Å². The second-order valence-electron chi connectivity index (χ2n) is 6.40. The van der Waals surface area contributed by atoms with Gasteiger partial charge in [0, 0.05) is 11.1 Å². The number of nitrogens with zero attached hydrogens (tertiary/aromatic N) is 1. The molecule has 1 aliphatic heterocycles. The van der Waals surface area contributed by atoms with Gasteiger partial charge < -0.3 is 13.9 Å². The second-order valence-corrected chi connectivity index (χ2v) is 6.40. The molecule has 1 aromatic carbocycles. The van der Waals surface area contributed by atoms with Gasteiger partial charge in [0.25, 0.3) is 0 Å². The molecule has 9 heteroatoms. The maximum Gasteiger partial charge on any atom is 0.314 e. The molecule has 2 heterocycles. The number of ether oxygens (including phenoxy) is 2. The van der Waals surface area contributed by atoms with E-state index in [1.165, 1.54) is 12.1 Å². The third kappa shape index (κ3) is 2.95. The fourth-order valence-electron chi connectivity index (χ4n) is 3.18. The highest BCUT2D eigenvalue weighted by Crippen LogP contribution is 2.30. The smallest absolute Gasteiger partial charge is 0.314 e. The van der Waals surface area contributed by atoms with Crippen LogP contribution in [0.4, 0.5) is 0 Å². The minimum atomic E-state index is -0.885. The van der Waals surface area contributed by atoms with Gasteiger partial charge in [-0.1, -0.05) is 29.4 Å². The lowest BCUT2D eigenvalue weighted by atomic mass is 9.88. The predicted molar refractivity (Wildman–Crippen MR) is 91.2 cm³/mol. The molecule has 2 aromatic rings. The van der Waals surface area contributed by atoms with Crippen LogP contribution in [0.2, 0.25) is 0 Å². The minimum Gasteiger partial charge on any atom is -0.457 e. The van der Waals surface area contributed by atoms with Crippen molar-refractivity contribution in [3.05, 3.63) is 63.4 Å². The molecule has 0 bridgehead atoms. The van der Waals surface area contributed by atoms with Crippen molar-refractivity contribution in [1.82, 2.24) is 0 Å². The maximum atomic E-state index is 12.5. The van der Waals surface area contributed by atoms with Gasteiger partial charge in [-0.15, -0.1) is 0 Å². The third-order valence-corrected chi connectivity index (χ3v) is 4.60. The summed E-state index contributed by atoms with van der Waals surface area (Å²) >= 11 is 0. The number of carbonyl (C=O) groups excluding carboxylic acids is 4. The van der Waals surface area contributed by atoms with Gasteiger partial charge in [-0.25, -0.2) is 0 Å². The molecule has 0 radical (unpaired) electrons. The van der Waals surface area contributed by atoms with Crippen LogP contribution in [0, 0.1) is 4.91 Å².